The summed E-state index contributed by atoms with van der Waals surface area (Å²) in [5, 5.41) is 11.1. The predicted molar refractivity (Wildman–Crippen MR) is 66.2 cm³/mol. The Hall–Kier alpha value is -0.750. The maximum absolute atomic E-state index is 10.7. The predicted octanol–water partition coefficient (Wildman–Crippen LogP) is 0.878. The SMILES string of the molecule is O=CNC(CCSCC1CCCCO1)C(=O)O. The van der Waals surface area contributed by atoms with Crippen molar-refractivity contribution < 1.29 is 19.4 Å². The average molecular weight is 261 g/mol. The van der Waals surface area contributed by atoms with Gasteiger partial charge in [0, 0.05) is 12.4 Å². The first-order valence-corrected chi connectivity index (χ1v) is 7.01. The summed E-state index contributed by atoms with van der Waals surface area (Å²) in [4.78, 5) is 20.9. The topological polar surface area (TPSA) is 75.6 Å². The van der Waals surface area contributed by atoms with Gasteiger partial charge in [0.2, 0.25) is 6.41 Å². The molecule has 0 spiro atoms. The van der Waals surface area contributed by atoms with Crippen LogP contribution in [-0.4, -0.2) is 47.7 Å². The summed E-state index contributed by atoms with van der Waals surface area (Å²) in [5.74, 6) is 0.650. The van der Waals surface area contributed by atoms with E-state index in [9.17, 15) is 9.59 Å². The van der Waals surface area contributed by atoms with Crippen molar-refractivity contribution in [3.8, 4) is 0 Å². The molecule has 1 heterocycles. The molecule has 6 heteroatoms. The molecular formula is C11H19NO4S. The first-order valence-electron chi connectivity index (χ1n) is 5.86. The van der Waals surface area contributed by atoms with Crippen molar-refractivity contribution in [2.45, 2.75) is 37.8 Å². The lowest BCUT2D eigenvalue weighted by Crippen LogP contribution is -2.36. The second-order valence-electron chi connectivity index (χ2n) is 4.03. The minimum Gasteiger partial charge on any atom is -0.480 e. The van der Waals surface area contributed by atoms with E-state index in [2.05, 4.69) is 5.32 Å². The van der Waals surface area contributed by atoms with Crippen LogP contribution in [0.4, 0.5) is 0 Å². The highest BCUT2D eigenvalue weighted by molar-refractivity contribution is 7.99. The molecule has 0 aromatic rings. The lowest BCUT2D eigenvalue weighted by Gasteiger charge is -2.22. The van der Waals surface area contributed by atoms with Crippen molar-refractivity contribution in [2.75, 3.05) is 18.1 Å². The number of hydrogen-bond acceptors (Lipinski definition) is 4. The maximum atomic E-state index is 10.7. The normalized spacial score (nSPS) is 21.8. The summed E-state index contributed by atoms with van der Waals surface area (Å²) < 4.78 is 5.57. The van der Waals surface area contributed by atoms with E-state index in [-0.39, 0.29) is 0 Å². The van der Waals surface area contributed by atoms with Crippen LogP contribution in [0, 0.1) is 0 Å². The maximum Gasteiger partial charge on any atom is 0.326 e. The van der Waals surface area contributed by atoms with Crippen molar-refractivity contribution in [1.29, 1.82) is 0 Å². The van der Waals surface area contributed by atoms with Gasteiger partial charge in [0.05, 0.1) is 6.10 Å². The number of aliphatic carboxylic acids is 1. The molecule has 2 atom stereocenters. The third kappa shape index (κ3) is 5.93. The molecule has 1 aliphatic rings. The van der Waals surface area contributed by atoms with Crippen molar-refractivity contribution in [3.05, 3.63) is 0 Å². The molecule has 0 aliphatic carbocycles. The minimum atomic E-state index is -0.980. The number of ether oxygens (including phenoxy) is 1. The molecular weight excluding hydrogens is 242 g/mol. The summed E-state index contributed by atoms with van der Waals surface area (Å²) >= 11 is 1.69. The lowest BCUT2D eigenvalue weighted by molar-refractivity contribution is -0.140. The Balaban J connectivity index is 2.08. The Morgan fingerprint density at radius 3 is 3.00 bits per heavy atom. The summed E-state index contributed by atoms with van der Waals surface area (Å²) in [6, 6.07) is -0.771. The Bertz CT molecular complexity index is 244. The third-order valence-corrected chi connectivity index (χ3v) is 3.83. The summed E-state index contributed by atoms with van der Waals surface area (Å²) in [6.45, 7) is 0.843. The van der Waals surface area contributed by atoms with E-state index in [1.54, 1.807) is 11.8 Å². The van der Waals surface area contributed by atoms with Crippen LogP contribution in [0.1, 0.15) is 25.7 Å². The lowest BCUT2D eigenvalue weighted by atomic mass is 10.1. The first kappa shape index (κ1) is 14.3. The average Bonchev–Trinajstić information content (AvgIpc) is 2.34. The molecule has 1 fully saturated rings. The highest BCUT2D eigenvalue weighted by Gasteiger charge is 2.17. The van der Waals surface area contributed by atoms with Gasteiger partial charge in [0.25, 0.3) is 0 Å². The van der Waals surface area contributed by atoms with E-state index >= 15 is 0 Å². The number of rotatable bonds is 8. The zero-order chi connectivity index (χ0) is 12.5. The van der Waals surface area contributed by atoms with E-state index in [4.69, 9.17) is 9.84 Å². The molecule has 1 saturated heterocycles. The Kier molecular flexibility index (Phi) is 7.04. The van der Waals surface area contributed by atoms with Crippen LogP contribution >= 0.6 is 11.8 Å². The van der Waals surface area contributed by atoms with Crippen molar-refractivity contribution in [3.63, 3.8) is 0 Å². The molecule has 2 unspecified atom stereocenters. The second kappa shape index (κ2) is 8.36. The van der Waals surface area contributed by atoms with Gasteiger partial charge in [-0.25, -0.2) is 4.79 Å². The number of carbonyl (C=O) groups excluding carboxylic acids is 1. The standard InChI is InChI=1S/C11H19NO4S/c13-8-12-10(11(14)15)4-6-17-7-9-3-1-2-5-16-9/h8-10H,1-7H2,(H,12,13)(H,14,15). The van der Waals surface area contributed by atoms with Gasteiger partial charge >= 0.3 is 5.97 Å². The monoisotopic (exact) mass is 261 g/mol. The van der Waals surface area contributed by atoms with Crippen molar-refractivity contribution >= 4 is 24.1 Å². The van der Waals surface area contributed by atoms with Gasteiger partial charge in [-0.05, 0) is 31.4 Å². The molecule has 0 saturated carbocycles. The van der Waals surface area contributed by atoms with E-state index in [1.165, 1.54) is 6.42 Å². The molecule has 0 aromatic carbocycles. The number of hydrogen-bond donors (Lipinski definition) is 2. The number of amides is 1. The van der Waals surface area contributed by atoms with Gasteiger partial charge in [0.15, 0.2) is 0 Å². The highest BCUT2D eigenvalue weighted by Crippen LogP contribution is 2.17. The zero-order valence-electron chi connectivity index (χ0n) is 9.76. The van der Waals surface area contributed by atoms with Gasteiger partial charge in [-0.3, -0.25) is 4.79 Å². The van der Waals surface area contributed by atoms with Crippen LogP contribution in [0.5, 0.6) is 0 Å². The van der Waals surface area contributed by atoms with E-state index < -0.39 is 12.0 Å². The van der Waals surface area contributed by atoms with Gasteiger partial charge in [-0.1, -0.05) is 0 Å². The second-order valence-corrected chi connectivity index (χ2v) is 5.18. The molecule has 2 N–H and O–H groups in total. The highest BCUT2D eigenvalue weighted by atomic mass is 32.2. The van der Waals surface area contributed by atoms with E-state index in [0.29, 0.717) is 18.9 Å². The molecule has 98 valence electrons. The van der Waals surface area contributed by atoms with Crippen LogP contribution in [0.25, 0.3) is 0 Å². The van der Waals surface area contributed by atoms with E-state index in [0.717, 1.165) is 31.0 Å². The Labute approximate surface area is 105 Å². The molecule has 1 amide bonds. The fourth-order valence-electron chi connectivity index (χ4n) is 1.72. The number of carboxylic acids is 1. The van der Waals surface area contributed by atoms with Crippen LogP contribution in [-0.2, 0) is 14.3 Å². The van der Waals surface area contributed by atoms with Crippen molar-refractivity contribution in [2.24, 2.45) is 0 Å². The fourth-order valence-corrected chi connectivity index (χ4v) is 2.81. The van der Waals surface area contributed by atoms with Gasteiger partial charge in [-0.15, -0.1) is 0 Å². The molecule has 0 aromatic heterocycles. The van der Waals surface area contributed by atoms with Gasteiger partial charge in [0.1, 0.15) is 6.04 Å². The minimum absolute atomic E-state index is 0.316. The molecule has 5 nitrogen and oxygen atoms in total. The number of carbonyl (C=O) groups is 2. The van der Waals surface area contributed by atoms with Crippen LogP contribution < -0.4 is 5.32 Å². The van der Waals surface area contributed by atoms with Crippen molar-refractivity contribution in [1.82, 2.24) is 5.32 Å². The summed E-state index contributed by atoms with van der Waals surface area (Å²) in [7, 11) is 0. The van der Waals surface area contributed by atoms with E-state index in [1.807, 2.05) is 0 Å². The zero-order valence-corrected chi connectivity index (χ0v) is 10.6. The Morgan fingerprint density at radius 2 is 2.41 bits per heavy atom. The molecule has 17 heavy (non-hydrogen) atoms. The number of carboxylic acid groups (broad SMARTS) is 1. The largest absolute Gasteiger partial charge is 0.480 e. The Morgan fingerprint density at radius 1 is 1.59 bits per heavy atom. The van der Waals surface area contributed by atoms with Crippen LogP contribution in [0.3, 0.4) is 0 Å². The molecule has 1 rings (SSSR count). The van der Waals surface area contributed by atoms with Gasteiger partial charge in [-0.2, -0.15) is 11.8 Å². The smallest absolute Gasteiger partial charge is 0.326 e. The van der Waals surface area contributed by atoms with Crippen LogP contribution in [0.2, 0.25) is 0 Å². The molecule has 0 bridgehead atoms. The molecule has 0 radical (unpaired) electrons. The van der Waals surface area contributed by atoms with Crippen LogP contribution in [0.15, 0.2) is 0 Å². The fraction of sp³-hybridized carbons (Fsp3) is 0.818. The molecule has 1 aliphatic heterocycles. The number of nitrogens with one attached hydrogen (secondary N) is 1. The summed E-state index contributed by atoms with van der Waals surface area (Å²) in [5.41, 5.74) is 0. The summed E-state index contributed by atoms with van der Waals surface area (Å²) in [6.07, 6.45) is 4.67. The number of thioether (sulfide) groups is 1. The first-order chi connectivity index (χ1) is 8.24. The quantitative estimate of drug-likeness (QED) is 0.501. The van der Waals surface area contributed by atoms with Gasteiger partial charge < -0.3 is 15.2 Å². The third-order valence-electron chi connectivity index (χ3n) is 2.70.